The number of hydrogen-bond donors (Lipinski definition) is 3. The van der Waals surface area contributed by atoms with E-state index in [9.17, 15) is 14.0 Å². The van der Waals surface area contributed by atoms with Gasteiger partial charge in [0.15, 0.2) is 11.7 Å². The highest BCUT2D eigenvalue weighted by Crippen LogP contribution is 2.15. The monoisotopic (exact) mass is 425 g/mol. The molecule has 0 radical (unpaired) electrons. The van der Waals surface area contributed by atoms with Crippen molar-refractivity contribution in [3.8, 4) is 5.75 Å². The summed E-state index contributed by atoms with van der Waals surface area (Å²) in [7, 11) is 0. The minimum absolute atomic E-state index is 0.105. The normalized spacial score (nSPS) is 9.84. The van der Waals surface area contributed by atoms with E-state index in [2.05, 4.69) is 32.1 Å². The number of thiocarbonyl (C=S) groups is 1. The molecule has 0 aliphatic rings. The highest BCUT2D eigenvalue weighted by Gasteiger charge is 2.09. The summed E-state index contributed by atoms with van der Waals surface area (Å²) in [4.78, 5) is 23.5. The predicted molar refractivity (Wildman–Crippen MR) is 97.4 cm³/mol. The maximum absolute atomic E-state index is 12.8. The number of hydrogen-bond acceptors (Lipinski definition) is 4. The number of carbonyl (C=O) groups is 2. The molecular weight excluding hydrogens is 413 g/mol. The van der Waals surface area contributed by atoms with Crippen molar-refractivity contribution < 1.29 is 18.7 Å². The van der Waals surface area contributed by atoms with Gasteiger partial charge in [0.2, 0.25) is 0 Å². The molecule has 0 heterocycles. The van der Waals surface area contributed by atoms with Crippen LogP contribution in [0.3, 0.4) is 0 Å². The second kappa shape index (κ2) is 9.09. The van der Waals surface area contributed by atoms with Gasteiger partial charge in [-0.2, -0.15) is 0 Å². The molecule has 25 heavy (non-hydrogen) atoms. The van der Waals surface area contributed by atoms with Gasteiger partial charge in [0.1, 0.15) is 11.6 Å². The largest absolute Gasteiger partial charge is 0.484 e. The first kappa shape index (κ1) is 18.8. The van der Waals surface area contributed by atoms with E-state index in [0.717, 1.165) is 16.6 Å². The number of halogens is 2. The van der Waals surface area contributed by atoms with Gasteiger partial charge < -0.3 is 4.74 Å². The van der Waals surface area contributed by atoms with Crippen LogP contribution in [-0.2, 0) is 4.79 Å². The standard InChI is InChI=1S/C16H13BrFN3O3S/c17-11-3-7-13(8-4-11)24-9-14(22)20-21-16(25)19-15(23)10-1-5-12(18)6-2-10/h1-8H,9H2,(H,20,22)(H2,19,21,23,25). The van der Waals surface area contributed by atoms with Crippen LogP contribution in [0, 0.1) is 5.82 Å². The first-order valence-corrected chi connectivity index (χ1v) is 8.18. The minimum Gasteiger partial charge on any atom is -0.484 e. The molecule has 0 saturated heterocycles. The van der Waals surface area contributed by atoms with E-state index in [1.165, 1.54) is 12.1 Å². The Balaban J connectivity index is 1.71. The molecule has 0 aromatic heterocycles. The summed E-state index contributed by atoms with van der Waals surface area (Å²) in [5, 5.41) is 2.24. The number of carbonyl (C=O) groups excluding carboxylic acids is 2. The second-order valence-corrected chi connectivity index (χ2v) is 6.03. The fourth-order valence-electron chi connectivity index (χ4n) is 1.65. The molecule has 2 aromatic carbocycles. The molecular formula is C16H13BrFN3O3S. The Hall–Kier alpha value is -2.52. The lowest BCUT2D eigenvalue weighted by atomic mass is 10.2. The summed E-state index contributed by atoms with van der Waals surface area (Å²) in [5.74, 6) is -0.931. The van der Waals surface area contributed by atoms with Gasteiger partial charge in [0.05, 0.1) is 0 Å². The van der Waals surface area contributed by atoms with Crippen LogP contribution in [-0.4, -0.2) is 23.5 Å². The van der Waals surface area contributed by atoms with Crippen LogP contribution >= 0.6 is 28.1 Å². The Morgan fingerprint density at radius 2 is 1.68 bits per heavy atom. The quantitative estimate of drug-likeness (QED) is 0.517. The van der Waals surface area contributed by atoms with Gasteiger partial charge in [-0.15, -0.1) is 0 Å². The van der Waals surface area contributed by atoms with Crippen molar-refractivity contribution in [3.63, 3.8) is 0 Å². The van der Waals surface area contributed by atoms with Crippen molar-refractivity contribution in [2.75, 3.05) is 6.61 Å². The lowest BCUT2D eigenvalue weighted by Crippen LogP contribution is -2.49. The van der Waals surface area contributed by atoms with Crippen molar-refractivity contribution in [1.82, 2.24) is 16.2 Å². The van der Waals surface area contributed by atoms with Crippen LogP contribution in [0.15, 0.2) is 53.0 Å². The number of amides is 2. The van der Waals surface area contributed by atoms with Crippen LogP contribution in [0.1, 0.15) is 10.4 Å². The smallest absolute Gasteiger partial charge is 0.276 e. The van der Waals surface area contributed by atoms with E-state index in [1.54, 1.807) is 24.3 Å². The van der Waals surface area contributed by atoms with Crippen LogP contribution in [0.2, 0.25) is 0 Å². The van der Waals surface area contributed by atoms with E-state index in [0.29, 0.717) is 5.75 Å². The van der Waals surface area contributed by atoms with Crippen molar-refractivity contribution in [1.29, 1.82) is 0 Å². The molecule has 0 bridgehead atoms. The molecule has 2 aromatic rings. The average Bonchev–Trinajstić information content (AvgIpc) is 2.60. The third-order valence-corrected chi connectivity index (χ3v) is 3.57. The number of rotatable bonds is 4. The van der Waals surface area contributed by atoms with Gasteiger partial charge in [0, 0.05) is 10.0 Å². The van der Waals surface area contributed by atoms with E-state index in [1.807, 2.05) is 0 Å². The maximum atomic E-state index is 12.8. The molecule has 6 nitrogen and oxygen atoms in total. The molecule has 0 aliphatic carbocycles. The Kier molecular flexibility index (Phi) is 6.84. The summed E-state index contributed by atoms with van der Waals surface area (Å²) >= 11 is 8.18. The van der Waals surface area contributed by atoms with Crippen LogP contribution < -0.4 is 20.9 Å². The van der Waals surface area contributed by atoms with Crippen molar-refractivity contribution in [2.45, 2.75) is 0 Å². The summed E-state index contributed by atoms with van der Waals surface area (Å²) < 4.78 is 19.0. The lowest BCUT2D eigenvalue weighted by molar-refractivity contribution is -0.123. The molecule has 3 N–H and O–H groups in total. The summed E-state index contributed by atoms with van der Waals surface area (Å²) in [6.07, 6.45) is 0. The SMILES string of the molecule is O=C(COc1ccc(Br)cc1)NNC(=S)NC(=O)c1ccc(F)cc1. The molecule has 0 spiro atoms. The first-order chi connectivity index (χ1) is 11.9. The van der Waals surface area contributed by atoms with Gasteiger partial charge in [-0.3, -0.25) is 25.8 Å². The molecule has 9 heteroatoms. The van der Waals surface area contributed by atoms with Gasteiger partial charge in [0.25, 0.3) is 11.8 Å². The maximum Gasteiger partial charge on any atom is 0.276 e. The Morgan fingerprint density at radius 3 is 2.32 bits per heavy atom. The van der Waals surface area contributed by atoms with Gasteiger partial charge in [-0.25, -0.2) is 4.39 Å². The second-order valence-electron chi connectivity index (χ2n) is 4.71. The molecule has 0 fully saturated rings. The Morgan fingerprint density at radius 1 is 1.04 bits per heavy atom. The zero-order valence-electron chi connectivity index (χ0n) is 12.7. The van der Waals surface area contributed by atoms with Crippen molar-refractivity contribution in [2.24, 2.45) is 0 Å². The molecule has 2 amide bonds. The number of nitrogens with one attached hydrogen (secondary N) is 3. The zero-order chi connectivity index (χ0) is 18.2. The highest BCUT2D eigenvalue weighted by molar-refractivity contribution is 9.10. The number of hydrazine groups is 1. The van der Waals surface area contributed by atoms with Crippen LogP contribution in [0.25, 0.3) is 0 Å². The van der Waals surface area contributed by atoms with Crippen molar-refractivity contribution in [3.05, 3.63) is 64.4 Å². The Labute approximate surface area is 156 Å². The van der Waals surface area contributed by atoms with Gasteiger partial charge >= 0.3 is 0 Å². The minimum atomic E-state index is -0.530. The fourth-order valence-corrected chi connectivity index (χ4v) is 2.06. The summed E-state index contributed by atoms with van der Waals surface area (Å²) in [6, 6.07) is 11.9. The van der Waals surface area contributed by atoms with E-state index in [-0.39, 0.29) is 17.3 Å². The third-order valence-electron chi connectivity index (χ3n) is 2.83. The fraction of sp³-hybridized carbons (Fsp3) is 0.0625. The average molecular weight is 426 g/mol. The molecule has 2 rings (SSSR count). The highest BCUT2D eigenvalue weighted by atomic mass is 79.9. The first-order valence-electron chi connectivity index (χ1n) is 6.98. The molecule has 0 atom stereocenters. The third kappa shape index (κ3) is 6.48. The topological polar surface area (TPSA) is 79.5 Å². The van der Waals surface area contributed by atoms with Crippen LogP contribution in [0.4, 0.5) is 4.39 Å². The summed E-state index contributed by atoms with van der Waals surface area (Å²) in [6.45, 7) is -0.233. The van der Waals surface area contributed by atoms with E-state index >= 15 is 0 Å². The predicted octanol–water partition coefficient (Wildman–Crippen LogP) is 2.30. The molecule has 130 valence electrons. The van der Waals surface area contributed by atoms with Crippen LogP contribution in [0.5, 0.6) is 5.75 Å². The zero-order valence-corrected chi connectivity index (χ0v) is 15.1. The van der Waals surface area contributed by atoms with Crippen molar-refractivity contribution >= 4 is 45.1 Å². The molecule has 0 unspecified atom stereocenters. The number of benzene rings is 2. The molecule has 0 saturated carbocycles. The number of ether oxygens (including phenoxy) is 1. The lowest BCUT2D eigenvalue weighted by Gasteiger charge is -2.11. The van der Waals surface area contributed by atoms with Gasteiger partial charge in [-0.05, 0) is 60.7 Å². The van der Waals surface area contributed by atoms with Gasteiger partial charge in [-0.1, -0.05) is 15.9 Å². The summed E-state index contributed by atoms with van der Waals surface area (Å²) in [5.41, 5.74) is 4.90. The Bertz CT molecular complexity index is 769. The molecule has 0 aliphatic heterocycles. The van der Waals surface area contributed by atoms with E-state index < -0.39 is 17.6 Å². The van der Waals surface area contributed by atoms with E-state index in [4.69, 9.17) is 17.0 Å².